The number of amides is 2. The van der Waals surface area contributed by atoms with Gasteiger partial charge < -0.3 is 14.3 Å². The van der Waals surface area contributed by atoms with E-state index in [1.807, 2.05) is 18.7 Å². The minimum Gasteiger partial charge on any atom is -0.351 e. The van der Waals surface area contributed by atoms with Crippen molar-refractivity contribution in [1.82, 2.24) is 15.0 Å². The van der Waals surface area contributed by atoms with Crippen molar-refractivity contribution in [3.05, 3.63) is 53.2 Å². The Labute approximate surface area is 164 Å². The van der Waals surface area contributed by atoms with Crippen LogP contribution in [0.1, 0.15) is 48.5 Å². The molecule has 1 aliphatic heterocycles. The number of piperidine rings is 1. The van der Waals surface area contributed by atoms with Crippen molar-refractivity contribution in [2.45, 2.75) is 33.1 Å². The molecule has 150 valence electrons. The zero-order valence-corrected chi connectivity index (χ0v) is 16.4. The Morgan fingerprint density at radius 3 is 2.79 bits per heavy atom. The summed E-state index contributed by atoms with van der Waals surface area (Å²) < 4.78 is 18.6. The van der Waals surface area contributed by atoms with Gasteiger partial charge in [-0.05, 0) is 44.4 Å². The molecule has 1 saturated heterocycles. The maximum Gasteiger partial charge on any atom is 0.292 e. The largest absolute Gasteiger partial charge is 0.351 e. The van der Waals surface area contributed by atoms with E-state index in [1.165, 1.54) is 12.1 Å². The molecule has 0 saturated carbocycles. The lowest BCUT2D eigenvalue weighted by Crippen LogP contribution is -2.46. The van der Waals surface area contributed by atoms with Crippen molar-refractivity contribution < 1.29 is 18.5 Å². The number of rotatable bonds is 6. The number of hydrogen-bond acceptors (Lipinski definition) is 4. The SMILES string of the molecule is CCN(CC)C(=O)C1CCCN(C(=O)c2cc(Cc3cccc(F)c3)no2)C1. The van der Waals surface area contributed by atoms with Crippen LogP contribution in [0.2, 0.25) is 0 Å². The molecule has 2 heterocycles. The first-order valence-electron chi connectivity index (χ1n) is 9.79. The average molecular weight is 387 g/mol. The zero-order chi connectivity index (χ0) is 20.1. The van der Waals surface area contributed by atoms with Gasteiger partial charge in [0.25, 0.3) is 5.91 Å². The Morgan fingerprint density at radius 2 is 2.07 bits per heavy atom. The number of likely N-dealkylation sites (tertiary alicyclic amines) is 1. The van der Waals surface area contributed by atoms with E-state index in [1.54, 1.807) is 23.1 Å². The third-order valence-electron chi connectivity index (χ3n) is 5.18. The van der Waals surface area contributed by atoms with Crippen LogP contribution in [0.5, 0.6) is 0 Å². The minimum absolute atomic E-state index is 0.104. The maximum atomic E-state index is 13.3. The maximum absolute atomic E-state index is 13.3. The fourth-order valence-corrected chi connectivity index (χ4v) is 3.66. The summed E-state index contributed by atoms with van der Waals surface area (Å²) >= 11 is 0. The molecule has 0 bridgehead atoms. The lowest BCUT2D eigenvalue weighted by molar-refractivity contribution is -0.136. The molecule has 1 fully saturated rings. The fraction of sp³-hybridized carbons (Fsp3) is 0.476. The first-order valence-corrected chi connectivity index (χ1v) is 9.79. The number of halogens is 1. The lowest BCUT2D eigenvalue weighted by Gasteiger charge is -2.34. The molecule has 2 aromatic rings. The van der Waals surface area contributed by atoms with Crippen molar-refractivity contribution in [1.29, 1.82) is 0 Å². The van der Waals surface area contributed by atoms with Crippen LogP contribution >= 0.6 is 0 Å². The zero-order valence-electron chi connectivity index (χ0n) is 16.4. The van der Waals surface area contributed by atoms with Gasteiger partial charge in [-0.15, -0.1) is 0 Å². The molecule has 3 rings (SSSR count). The Morgan fingerprint density at radius 1 is 1.29 bits per heavy atom. The third kappa shape index (κ3) is 4.58. The molecule has 2 amide bonds. The first kappa shape index (κ1) is 20.0. The quantitative estimate of drug-likeness (QED) is 0.764. The molecule has 6 nitrogen and oxygen atoms in total. The van der Waals surface area contributed by atoms with Gasteiger partial charge in [-0.2, -0.15) is 0 Å². The number of aromatic nitrogens is 1. The fourth-order valence-electron chi connectivity index (χ4n) is 3.66. The molecule has 1 unspecified atom stereocenters. The van der Waals surface area contributed by atoms with E-state index < -0.39 is 0 Å². The summed E-state index contributed by atoms with van der Waals surface area (Å²) in [5, 5.41) is 3.95. The molecule has 1 aromatic heterocycles. The summed E-state index contributed by atoms with van der Waals surface area (Å²) in [5.41, 5.74) is 1.33. The molecule has 1 aliphatic rings. The summed E-state index contributed by atoms with van der Waals surface area (Å²) in [6.45, 7) is 6.26. The number of carbonyl (C=O) groups is 2. The molecule has 0 N–H and O–H groups in total. The van der Waals surface area contributed by atoms with Gasteiger partial charge >= 0.3 is 0 Å². The van der Waals surface area contributed by atoms with Gasteiger partial charge in [-0.25, -0.2) is 4.39 Å². The van der Waals surface area contributed by atoms with Crippen LogP contribution in [0.25, 0.3) is 0 Å². The summed E-state index contributed by atoms with van der Waals surface area (Å²) in [6.07, 6.45) is 1.96. The molecule has 0 radical (unpaired) electrons. The van der Waals surface area contributed by atoms with Gasteiger partial charge in [0.15, 0.2) is 0 Å². The van der Waals surface area contributed by atoms with Gasteiger partial charge in [0.2, 0.25) is 11.7 Å². The summed E-state index contributed by atoms with van der Waals surface area (Å²) in [6, 6.07) is 7.85. The van der Waals surface area contributed by atoms with Crippen LogP contribution in [0, 0.1) is 11.7 Å². The summed E-state index contributed by atoms with van der Waals surface area (Å²) in [7, 11) is 0. The second kappa shape index (κ2) is 8.99. The Balaban J connectivity index is 1.65. The highest BCUT2D eigenvalue weighted by atomic mass is 19.1. The van der Waals surface area contributed by atoms with E-state index in [0.29, 0.717) is 38.3 Å². The second-order valence-electron chi connectivity index (χ2n) is 7.09. The van der Waals surface area contributed by atoms with Crippen LogP contribution < -0.4 is 0 Å². The molecule has 0 spiro atoms. The number of nitrogens with zero attached hydrogens (tertiary/aromatic N) is 3. The van der Waals surface area contributed by atoms with Crippen molar-refractivity contribution >= 4 is 11.8 Å². The van der Waals surface area contributed by atoms with Crippen LogP contribution in [0.3, 0.4) is 0 Å². The van der Waals surface area contributed by atoms with E-state index in [-0.39, 0.29) is 29.3 Å². The van der Waals surface area contributed by atoms with Crippen LogP contribution in [0.4, 0.5) is 4.39 Å². The van der Waals surface area contributed by atoms with E-state index >= 15 is 0 Å². The topological polar surface area (TPSA) is 66.7 Å². The molecule has 0 aliphatic carbocycles. The first-order chi connectivity index (χ1) is 13.5. The smallest absolute Gasteiger partial charge is 0.292 e. The number of benzene rings is 1. The van der Waals surface area contributed by atoms with E-state index in [2.05, 4.69) is 5.16 Å². The highest BCUT2D eigenvalue weighted by molar-refractivity contribution is 5.92. The molecular formula is C21H26FN3O3. The summed E-state index contributed by atoms with van der Waals surface area (Å²) in [4.78, 5) is 28.9. The third-order valence-corrected chi connectivity index (χ3v) is 5.18. The Hall–Kier alpha value is -2.70. The predicted molar refractivity (Wildman–Crippen MR) is 102 cm³/mol. The predicted octanol–water partition coefficient (Wildman–Crippen LogP) is 3.13. The lowest BCUT2D eigenvalue weighted by atomic mass is 9.96. The van der Waals surface area contributed by atoms with E-state index in [0.717, 1.165) is 18.4 Å². The van der Waals surface area contributed by atoms with Gasteiger partial charge in [-0.1, -0.05) is 17.3 Å². The molecule has 1 aromatic carbocycles. The molecule has 28 heavy (non-hydrogen) atoms. The van der Waals surface area contributed by atoms with Crippen molar-refractivity contribution in [2.24, 2.45) is 5.92 Å². The molecule has 7 heteroatoms. The van der Waals surface area contributed by atoms with Crippen molar-refractivity contribution in [3.63, 3.8) is 0 Å². The molecular weight excluding hydrogens is 361 g/mol. The second-order valence-corrected chi connectivity index (χ2v) is 7.09. The standard InChI is InChI=1S/C21H26FN3O3/c1-3-24(4-2)20(26)16-8-6-10-25(14-16)21(27)19-13-18(23-28-19)12-15-7-5-9-17(22)11-15/h5,7,9,11,13,16H,3-4,6,8,10,12,14H2,1-2H3. The van der Waals surface area contributed by atoms with Crippen LogP contribution in [-0.4, -0.2) is 52.9 Å². The minimum atomic E-state index is -0.311. The van der Waals surface area contributed by atoms with Gasteiger partial charge in [0.1, 0.15) is 5.82 Å². The normalized spacial score (nSPS) is 16.8. The molecule has 1 atom stereocenters. The van der Waals surface area contributed by atoms with Crippen molar-refractivity contribution in [3.8, 4) is 0 Å². The van der Waals surface area contributed by atoms with Crippen molar-refractivity contribution in [2.75, 3.05) is 26.2 Å². The van der Waals surface area contributed by atoms with Crippen LogP contribution in [0.15, 0.2) is 34.9 Å². The number of carbonyl (C=O) groups excluding carboxylic acids is 2. The highest BCUT2D eigenvalue weighted by Gasteiger charge is 2.32. The van der Waals surface area contributed by atoms with Gasteiger partial charge in [0, 0.05) is 38.7 Å². The highest BCUT2D eigenvalue weighted by Crippen LogP contribution is 2.21. The van der Waals surface area contributed by atoms with Gasteiger partial charge in [0.05, 0.1) is 11.6 Å². The average Bonchev–Trinajstić information content (AvgIpc) is 3.16. The number of hydrogen-bond donors (Lipinski definition) is 0. The van der Waals surface area contributed by atoms with Gasteiger partial charge in [-0.3, -0.25) is 9.59 Å². The monoisotopic (exact) mass is 387 g/mol. The summed E-state index contributed by atoms with van der Waals surface area (Å²) in [5.74, 6) is -0.481. The Bertz CT molecular complexity index is 832. The van der Waals surface area contributed by atoms with E-state index in [4.69, 9.17) is 4.52 Å². The Kier molecular flexibility index (Phi) is 6.44. The van der Waals surface area contributed by atoms with Crippen LogP contribution in [-0.2, 0) is 11.2 Å². The van der Waals surface area contributed by atoms with E-state index in [9.17, 15) is 14.0 Å².